The zero-order valence-corrected chi connectivity index (χ0v) is 17.6. The minimum Gasteiger partial charge on any atom is -0.326 e. The molecule has 5 rings (SSSR count). The van der Waals surface area contributed by atoms with Crippen molar-refractivity contribution in [3.8, 4) is 22.5 Å². The molecule has 2 N–H and O–H groups in total. The first-order valence-electron chi connectivity index (χ1n) is 10.7. The summed E-state index contributed by atoms with van der Waals surface area (Å²) in [6.45, 7) is 0.896. The van der Waals surface area contributed by atoms with Gasteiger partial charge in [0.1, 0.15) is 5.82 Å². The van der Waals surface area contributed by atoms with Crippen LogP contribution in [0.25, 0.3) is 33.4 Å². The number of hydrogen-bond acceptors (Lipinski definition) is 3. The van der Waals surface area contributed by atoms with Crippen molar-refractivity contribution in [1.82, 2.24) is 9.55 Å². The SMILES string of the molecule is NCc1cccc(Cn2c(-c3ccc(-c4ccccc4)cc3)nc3ccccc3c2=O)c1. The highest BCUT2D eigenvalue weighted by Gasteiger charge is 2.13. The summed E-state index contributed by atoms with van der Waals surface area (Å²) in [6, 6.07) is 34.0. The fourth-order valence-electron chi connectivity index (χ4n) is 4.01. The zero-order valence-electron chi connectivity index (χ0n) is 17.6. The zero-order chi connectivity index (χ0) is 21.9. The van der Waals surface area contributed by atoms with Gasteiger partial charge in [-0.15, -0.1) is 0 Å². The average Bonchev–Trinajstić information content (AvgIpc) is 2.86. The normalized spacial score (nSPS) is 11.0. The number of rotatable bonds is 5. The summed E-state index contributed by atoms with van der Waals surface area (Å²) in [5, 5.41) is 0.618. The summed E-state index contributed by atoms with van der Waals surface area (Å²) < 4.78 is 1.76. The molecule has 5 aromatic rings. The molecular formula is C28H23N3O. The number of nitrogens with two attached hydrogens (primary N) is 1. The Morgan fingerprint density at radius 1 is 0.688 bits per heavy atom. The lowest BCUT2D eigenvalue weighted by Gasteiger charge is -2.15. The number of hydrogen-bond donors (Lipinski definition) is 1. The van der Waals surface area contributed by atoms with E-state index in [-0.39, 0.29) is 5.56 Å². The van der Waals surface area contributed by atoms with E-state index >= 15 is 0 Å². The van der Waals surface area contributed by atoms with Crippen LogP contribution in [0.15, 0.2) is 108 Å². The van der Waals surface area contributed by atoms with Gasteiger partial charge in [0, 0.05) is 12.1 Å². The molecule has 0 saturated heterocycles. The maximum atomic E-state index is 13.5. The summed E-state index contributed by atoms with van der Waals surface area (Å²) in [4.78, 5) is 18.4. The molecule has 0 aliphatic carbocycles. The standard InChI is InChI=1S/C28H23N3O/c29-18-20-7-6-8-21(17-20)19-31-27(30-26-12-5-4-11-25(26)28(31)32)24-15-13-23(14-16-24)22-9-2-1-3-10-22/h1-17H,18-19,29H2. The number of benzene rings is 4. The first-order valence-corrected chi connectivity index (χ1v) is 10.7. The van der Waals surface area contributed by atoms with Crippen molar-refractivity contribution >= 4 is 10.9 Å². The largest absolute Gasteiger partial charge is 0.326 e. The maximum absolute atomic E-state index is 13.5. The van der Waals surface area contributed by atoms with E-state index in [2.05, 4.69) is 24.3 Å². The van der Waals surface area contributed by atoms with Crippen LogP contribution in [0.5, 0.6) is 0 Å². The van der Waals surface area contributed by atoms with Crippen LogP contribution in [0.4, 0.5) is 0 Å². The Bertz CT molecular complexity index is 1440. The molecule has 0 saturated carbocycles. The van der Waals surface area contributed by atoms with Gasteiger partial charge in [0.25, 0.3) is 5.56 Å². The Morgan fingerprint density at radius 2 is 1.34 bits per heavy atom. The van der Waals surface area contributed by atoms with Gasteiger partial charge in [-0.05, 0) is 34.4 Å². The van der Waals surface area contributed by atoms with Crippen LogP contribution in [0.2, 0.25) is 0 Å². The van der Waals surface area contributed by atoms with E-state index in [0.29, 0.717) is 29.8 Å². The van der Waals surface area contributed by atoms with E-state index < -0.39 is 0 Å². The predicted octanol–water partition coefficient (Wildman–Crippen LogP) is 5.24. The molecule has 0 unspecified atom stereocenters. The van der Waals surface area contributed by atoms with Gasteiger partial charge in [0.05, 0.1) is 17.4 Å². The third kappa shape index (κ3) is 3.84. The molecule has 0 aliphatic rings. The Labute approximate surface area is 186 Å². The van der Waals surface area contributed by atoms with Crippen molar-refractivity contribution in [1.29, 1.82) is 0 Å². The Kier molecular flexibility index (Phi) is 5.36. The van der Waals surface area contributed by atoms with E-state index in [1.165, 1.54) is 0 Å². The number of fused-ring (bicyclic) bond motifs is 1. The maximum Gasteiger partial charge on any atom is 0.261 e. The van der Waals surface area contributed by atoms with Crippen LogP contribution in [-0.2, 0) is 13.1 Å². The second kappa shape index (κ2) is 8.61. The Morgan fingerprint density at radius 3 is 2.12 bits per heavy atom. The van der Waals surface area contributed by atoms with Gasteiger partial charge in [-0.2, -0.15) is 0 Å². The molecule has 4 heteroatoms. The van der Waals surface area contributed by atoms with Crippen molar-refractivity contribution in [3.63, 3.8) is 0 Å². The first kappa shape index (κ1) is 19.9. The van der Waals surface area contributed by atoms with Gasteiger partial charge in [-0.25, -0.2) is 4.98 Å². The molecule has 156 valence electrons. The first-order chi connectivity index (χ1) is 15.7. The van der Waals surface area contributed by atoms with Crippen molar-refractivity contribution < 1.29 is 0 Å². The molecule has 4 aromatic carbocycles. The van der Waals surface area contributed by atoms with Gasteiger partial charge in [0.2, 0.25) is 0 Å². The minimum absolute atomic E-state index is 0.0455. The molecule has 0 bridgehead atoms. The van der Waals surface area contributed by atoms with Crippen LogP contribution >= 0.6 is 0 Å². The van der Waals surface area contributed by atoms with Gasteiger partial charge in [0.15, 0.2) is 0 Å². The molecule has 0 atom stereocenters. The molecule has 0 aliphatic heterocycles. The van der Waals surface area contributed by atoms with E-state index in [1.54, 1.807) is 4.57 Å². The van der Waals surface area contributed by atoms with E-state index in [4.69, 9.17) is 10.7 Å². The van der Waals surface area contributed by atoms with Gasteiger partial charge in [-0.3, -0.25) is 9.36 Å². The number of aromatic nitrogens is 2. The minimum atomic E-state index is -0.0455. The molecule has 0 spiro atoms. The monoisotopic (exact) mass is 417 g/mol. The summed E-state index contributed by atoms with van der Waals surface area (Å²) >= 11 is 0. The van der Waals surface area contributed by atoms with Crippen LogP contribution in [0, 0.1) is 0 Å². The molecule has 4 nitrogen and oxygen atoms in total. The lowest BCUT2D eigenvalue weighted by Crippen LogP contribution is -2.24. The number of para-hydroxylation sites is 1. The van der Waals surface area contributed by atoms with E-state index in [9.17, 15) is 4.79 Å². The van der Waals surface area contributed by atoms with E-state index in [0.717, 1.165) is 27.8 Å². The number of nitrogens with zero attached hydrogens (tertiary/aromatic N) is 2. The fraction of sp³-hybridized carbons (Fsp3) is 0.0714. The molecule has 1 aromatic heterocycles. The van der Waals surface area contributed by atoms with Gasteiger partial charge < -0.3 is 5.73 Å². The van der Waals surface area contributed by atoms with Crippen LogP contribution < -0.4 is 11.3 Å². The highest BCUT2D eigenvalue weighted by Crippen LogP contribution is 2.25. The smallest absolute Gasteiger partial charge is 0.261 e. The Balaban J connectivity index is 1.64. The van der Waals surface area contributed by atoms with Crippen molar-refractivity contribution in [2.45, 2.75) is 13.1 Å². The summed E-state index contributed by atoms with van der Waals surface area (Å²) in [5.74, 6) is 0.659. The second-order valence-electron chi connectivity index (χ2n) is 7.81. The third-order valence-electron chi connectivity index (χ3n) is 5.68. The van der Waals surface area contributed by atoms with Gasteiger partial charge >= 0.3 is 0 Å². The molecule has 32 heavy (non-hydrogen) atoms. The predicted molar refractivity (Wildman–Crippen MR) is 130 cm³/mol. The third-order valence-corrected chi connectivity index (χ3v) is 5.68. The topological polar surface area (TPSA) is 60.9 Å². The second-order valence-corrected chi connectivity index (χ2v) is 7.81. The highest BCUT2D eigenvalue weighted by molar-refractivity contribution is 5.80. The van der Waals surface area contributed by atoms with Gasteiger partial charge in [-0.1, -0.05) is 91.0 Å². The molecular weight excluding hydrogens is 394 g/mol. The summed E-state index contributed by atoms with van der Waals surface area (Å²) in [5.41, 5.74) is 11.7. The molecule has 0 fully saturated rings. The van der Waals surface area contributed by atoms with Crippen molar-refractivity contribution in [2.75, 3.05) is 0 Å². The fourth-order valence-corrected chi connectivity index (χ4v) is 4.01. The molecule has 1 heterocycles. The van der Waals surface area contributed by atoms with Crippen molar-refractivity contribution in [3.05, 3.63) is 125 Å². The molecule has 0 amide bonds. The highest BCUT2D eigenvalue weighted by atomic mass is 16.1. The lowest BCUT2D eigenvalue weighted by molar-refractivity contribution is 0.758. The van der Waals surface area contributed by atoms with Crippen LogP contribution in [-0.4, -0.2) is 9.55 Å². The molecule has 0 radical (unpaired) electrons. The van der Waals surface area contributed by atoms with E-state index in [1.807, 2.05) is 78.9 Å². The Hall–Kier alpha value is -4.02. The quantitative estimate of drug-likeness (QED) is 0.426. The summed E-state index contributed by atoms with van der Waals surface area (Å²) in [6.07, 6.45) is 0. The van der Waals surface area contributed by atoms with Crippen LogP contribution in [0.3, 0.4) is 0 Å². The lowest BCUT2D eigenvalue weighted by atomic mass is 10.0. The average molecular weight is 418 g/mol. The van der Waals surface area contributed by atoms with Crippen LogP contribution in [0.1, 0.15) is 11.1 Å². The van der Waals surface area contributed by atoms with Crippen molar-refractivity contribution in [2.24, 2.45) is 5.73 Å². The summed E-state index contributed by atoms with van der Waals surface area (Å²) in [7, 11) is 0.